The number of aromatic nitrogens is 5. The lowest BCUT2D eigenvalue weighted by molar-refractivity contribution is -0.113. The largest absolute Gasteiger partial charge is 0.325 e. The Morgan fingerprint density at radius 2 is 1.83 bits per heavy atom. The molecule has 0 radical (unpaired) electrons. The molecule has 152 valence electrons. The van der Waals surface area contributed by atoms with Gasteiger partial charge < -0.3 is 5.32 Å². The number of fused-ring (bicyclic) bond motifs is 1. The average Bonchev–Trinajstić information content (AvgIpc) is 3.08. The number of nitrogens with one attached hydrogen (secondary N) is 2. The van der Waals surface area contributed by atoms with Gasteiger partial charge in [0.25, 0.3) is 11.3 Å². The summed E-state index contributed by atoms with van der Waals surface area (Å²) in [5.41, 5.74) is 1.45. The second-order valence-corrected chi connectivity index (χ2v) is 8.09. The fourth-order valence-corrected chi connectivity index (χ4v) is 3.93. The van der Waals surface area contributed by atoms with E-state index in [4.69, 9.17) is 23.2 Å². The lowest BCUT2D eigenvalue weighted by atomic mass is 10.1. The van der Waals surface area contributed by atoms with Crippen molar-refractivity contribution >= 4 is 52.3 Å². The molecule has 2 aromatic heterocycles. The maximum atomic E-state index is 12.3. The number of halogens is 2. The van der Waals surface area contributed by atoms with E-state index in [0.29, 0.717) is 33.0 Å². The van der Waals surface area contributed by atoms with Crippen LogP contribution in [0.5, 0.6) is 0 Å². The molecule has 30 heavy (non-hydrogen) atoms. The number of carbonyl (C=O) groups excluding carboxylic acids is 1. The van der Waals surface area contributed by atoms with E-state index in [9.17, 15) is 9.59 Å². The highest BCUT2D eigenvalue weighted by molar-refractivity contribution is 7.99. The highest BCUT2D eigenvalue weighted by atomic mass is 35.5. The molecule has 0 atom stereocenters. The molecule has 0 aliphatic heterocycles. The van der Waals surface area contributed by atoms with Crippen molar-refractivity contribution in [1.82, 2.24) is 24.8 Å². The number of benzene rings is 2. The van der Waals surface area contributed by atoms with Crippen molar-refractivity contribution in [1.29, 1.82) is 0 Å². The monoisotopic (exact) mass is 460 g/mol. The van der Waals surface area contributed by atoms with Crippen molar-refractivity contribution in [3.63, 3.8) is 0 Å². The first-order valence-electron chi connectivity index (χ1n) is 8.75. The molecule has 2 N–H and O–H groups in total. The van der Waals surface area contributed by atoms with E-state index in [2.05, 4.69) is 25.6 Å². The van der Waals surface area contributed by atoms with Crippen molar-refractivity contribution in [3.8, 4) is 0 Å². The molecule has 2 aromatic carbocycles. The summed E-state index contributed by atoms with van der Waals surface area (Å²) in [5.74, 6) is -0.00917. The van der Waals surface area contributed by atoms with E-state index in [-0.39, 0.29) is 23.0 Å². The standard InChI is InChI=1S/C19H14Cl2N6O2S/c20-12-7-13(21)9-14(8-12)22-16(28)10-30-19-25-24-18-23-17(29)15(26-27(18)19)6-11-4-2-1-3-5-11/h1-5,7-9H,6,10H2,(H,22,28)(H,23,24,29). The Bertz CT molecular complexity index is 1260. The van der Waals surface area contributed by atoms with Crippen LogP contribution in [0.2, 0.25) is 10.0 Å². The number of rotatable bonds is 6. The second kappa shape index (κ2) is 8.86. The van der Waals surface area contributed by atoms with Gasteiger partial charge in [-0.05, 0) is 23.8 Å². The molecule has 8 nitrogen and oxygen atoms in total. The van der Waals surface area contributed by atoms with Crippen molar-refractivity contribution < 1.29 is 4.79 Å². The Hall–Kier alpha value is -2.88. The number of H-pyrrole nitrogens is 1. The molecule has 0 bridgehead atoms. The Kier molecular flexibility index (Phi) is 6.03. The number of aromatic amines is 1. The van der Waals surface area contributed by atoms with Crippen LogP contribution < -0.4 is 10.9 Å². The van der Waals surface area contributed by atoms with E-state index in [1.807, 2.05) is 30.3 Å². The number of nitrogens with zero attached hydrogens (tertiary/aromatic N) is 4. The Morgan fingerprint density at radius 1 is 1.10 bits per heavy atom. The first-order chi connectivity index (χ1) is 14.5. The van der Waals surface area contributed by atoms with Gasteiger partial charge in [0, 0.05) is 22.2 Å². The summed E-state index contributed by atoms with van der Waals surface area (Å²) >= 11 is 13.0. The molecule has 2 heterocycles. The van der Waals surface area contributed by atoms with Gasteiger partial charge in [-0.1, -0.05) is 65.3 Å². The maximum Gasteiger partial charge on any atom is 0.274 e. The van der Waals surface area contributed by atoms with Crippen LogP contribution in [0.25, 0.3) is 5.78 Å². The van der Waals surface area contributed by atoms with Crippen LogP contribution in [0.4, 0.5) is 5.69 Å². The van der Waals surface area contributed by atoms with Crippen molar-refractivity contribution in [2.75, 3.05) is 11.1 Å². The van der Waals surface area contributed by atoms with E-state index < -0.39 is 0 Å². The van der Waals surface area contributed by atoms with Gasteiger partial charge in [0.2, 0.25) is 11.1 Å². The molecule has 0 unspecified atom stereocenters. The average molecular weight is 461 g/mol. The lowest BCUT2D eigenvalue weighted by Crippen LogP contribution is -2.19. The van der Waals surface area contributed by atoms with Gasteiger partial charge in [-0.2, -0.15) is 9.61 Å². The predicted molar refractivity (Wildman–Crippen MR) is 116 cm³/mol. The number of carbonyl (C=O) groups is 1. The summed E-state index contributed by atoms with van der Waals surface area (Å²) in [5, 5.41) is 16.3. The SMILES string of the molecule is O=C(CSc1nnc2[nH]c(=O)c(Cc3ccccc3)nn12)Nc1cc(Cl)cc(Cl)c1. The Morgan fingerprint density at radius 3 is 2.57 bits per heavy atom. The van der Waals surface area contributed by atoms with Gasteiger partial charge in [0.1, 0.15) is 5.69 Å². The van der Waals surface area contributed by atoms with Crippen LogP contribution in [0.1, 0.15) is 11.3 Å². The third-order valence-corrected chi connectivity index (χ3v) is 5.37. The number of thioether (sulfide) groups is 1. The van der Waals surface area contributed by atoms with E-state index in [0.717, 1.165) is 17.3 Å². The molecular weight excluding hydrogens is 447 g/mol. The molecule has 4 aromatic rings. The number of hydrogen-bond donors (Lipinski definition) is 2. The Balaban J connectivity index is 1.49. The van der Waals surface area contributed by atoms with E-state index in [1.54, 1.807) is 18.2 Å². The number of anilines is 1. The predicted octanol–water partition coefficient (Wildman–Crippen LogP) is 3.44. The van der Waals surface area contributed by atoms with Crippen LogP contribution in [-0.2, 0) is 11.2 Å². The summed E-state index contributed by atoms with van der Waals surface area (Å²) in [6.07, 6.45) is 0.365. The van der Waals surface area contributed by atoms with Gasteiger partial charge in [-0.3, -0.25) is 14.6 Å². The third kappa shape index (κ3) is 4.81. The molecular formula is C19H14Cl2N6O2S. The highest BCUT2D eigenvalue weighted by Crippen LogP contribution is 2.23. The minimum atomic E-state index is -0.328. The summed E-state index contributed by atoms with van der Waals surface area (Å²) in [7, 11) is 0. The topological polar surface area (TPSA) is 105 Å². The number of hydrogen-bond acceptors (Lipinski definition) is 6. The molecule has 0 fully saturated rings. The van der Waals surface area contributed by atoms with Gasteiger partial charge >= 0.3 is 0 Å². The van der Waals surface area contributed by atoms with Crippen LogP contribution in [0, 0.1) is 0 Å². The van der Waals surface area contributed by atoms with Gasteiger partial charge in [-0.25, -0.2) is 0 Å². The van der Waals surface area contributed by atoms with Gasteiger partial charge in [0.05, 0.1) is 5.75 Å². The quantitative estimate of drug-likeness (QED) is 0.427. The molecule has 0 spiro atoms. The van der Waals surface area contributed by atoms with Crippen LogP contribution in [0.15, 0.2) is 58.5 Å². The van der Waals surface area contributed by atoms with Crippen LogP contribution >= 0.6 is 35.0 Å². The lowest BCUT2D eigenvalue weighted by Gasteiger charge is -2.06. The summed E-state index contributed by atoms with van der Waals surface area (Å²) in [6, 6.07) is 14.3. The highest BCUT2D eigenvalue weighted by Gasteiger charge is 2.14. The zero-order chi connectivity index (χ0) is 21.1. The summed E-state index contributed by atoms with van der Waals surface area (Å²) < 4.78 is 1.42. The summed E-state index contributed by atoms with van der Waals surface area (Å²) in [4.78, 5) is 27.2. The molecule has 0 aliphatic rings. The Labute approximate surface area is 184 Å². The third-order valence-electron chi connectivity index (χ3n) is 4.01. The van der Waals surface area contributed by atoms with Crippen molar-refractivity contribution in [2.24, 2.45) is 0 Å². The van der Waals surface area contributed by atoms with Crippen LogP contribution in [0.3, 0.4) is 0 Å². The zero-order valence-corrected chi connectivity index (χ0v) is 17.6. The zero-order valence-electron chi connectivity index (χ0n) is 15.3. The second-order valence-electron chi connectivity index (χ2n) is 6.28. The van der Waals surface area contributed by atoms with Gasteiger partial charge in [0.15, 0.2) is 0 Å². The normalized spacial score (nSPS) is 11.0. The first-order valence-corrected chi connectivity index (χ1v) is 10.5. The van der Waals surface area contributed by atoms with Crippen molar-refractivity contribution in [2.45, 2.75) is 11.6 Å². The van der Waals surface area contributed by atoms with Crippen molar-refractivity contribution in [3.05, 3.63) is 80.2 Å². The minimum absolute atomic E-state index is 0.0553. The first kappa shape index (κ1) is 20.4. The molecule has 11 heteroatoms. The fourth-order valence-electron chi connectivity index (χ4n) is 2.72. The maximum absolute atomic E-state index is 12.3. The molecule has 0 aliphatic carbocycles. The molecule has 4 rings (SSSR count). The van der Waals surface area contributed by atoms with Gasteiger partial charge in [-0.15, -0.1) is 10.2 Å². The fraction of sp³-hybridized carbons (Fsp3) is 0.105. The molecule has 0 saturated carbocycles. The molecule has 0 saturated heterocycles. The smallest absolute Gasteiger partial charge is 0.274 e. The summed E-state index contributed by atoms with van der Waals surface area (Å²) in [6.45, 7) is 0. The molecule has 1 amide bonds. The minimum Gasteiger partial charge on any atom is -0.325 e. The van der Waals surface area contributed by atoms with E-state index >= 15 is 0 Å². The number of amides is 1. The van der Waals surface area contributed by atoms with E-state index in [1.165, 1.54) is 4.52 Å². The van der Waals surface area contributed by atoms with Crippen LogP contribution in [-0.4, -0.2) is 36.5 Å².